The number of benzene rings is 2. The van der Waals surface area contributed by atoms with Crippen LogP contribution in [0.3, 0.4) is 0 Å². The number of aliphatic hydroxyl groups is 2. The van der Waals surface area contributed by atoms with Gasteiger partial charge in [0, 0.05) is 30.9 Å². The van der Waals surface area contributed by atoms with Crippen LogP contribution in [-0.4, -0.2) is 40.4 Å². The van der Waals surface area contributed by atoms with Gasteiger partial charge in [0.25, 0.3) is 5.69 Å². The molecule has 2 N–H and O–H groups in total. The highest BCUT2D eigenvalue weighted by molar-refractivity contribution is 5.79. The molecule has 0 amide bonds. The minimum Gasteiger partial charge on any atom is -0.392 e. The van der Waals surface area contributed by atoms with Crippen LogP contribution in [0.1, 0.15) is 25.0 Å². The second kappa shape index (κ2) is 6.82. The van der Waals surface area contributed by atoms with E-state index in [1.165, 1.54) is 6.07 Å². The van der Waals surface area contributed by atoms with Crippen molar-refractivity contribution in [2.24, 2.45) is 0 Å². The van der Waals surface area contributed by atoms with Gasteiger partial charge in [-0.15, -0.1) is 0 Å². The Morgan fingerprint density at radius 2 is 1.60 bits per heavy atom. The molecule has 0 aliphatic heterocycles. The van der Waals surface area contributed by atoms with Crippen molar-refractivity contribution in [2.45, 2.75) is 32.5 Å². The van der Waals surface area contributed by atoms with E-state index in [4.69, 9.17) is 0 Å². The lowest BCUT2D eigenvalue weighted by molar-refractivity contribution is -0.384. The Labute approximate surface area is 146 Å². The number of nitro benzene ring substituents is 1. The molecule has 2 atom stereocenters. The SMILES string of the molecule is C[C@H](O)CN(C[C@@H](C)O)c1ccc2c(c1)Cc1cc([N+](=O)[O-])ccc1-2. The van der Waals surface area contributed by atoms with Crippen molar-refractivity contribution in [2.75, 3.05) is 18.0 Å². The van der Waals surface area contributed by atoms with Crippen molar-refractivity contribution in [1.29, 1.82) is 0 Å². The number of nitrogens with zero attached hydrogens (tertiary/aromatic N) is 2. The van der Waals surface area contributed by atoms with Gasteiger partial charge in [-0.2, -0.15) is 0 Å². The highest BCUT2D eigenvalue weighted by Gasteiger charge is 2.22. The van der Waals surface area contributed by atoms with E-state index in [0.717, 1.165) is 27.9 Å². The van der Waals surface area contributed by atoms with Crippen LogP contribution in [0.15, 0.2) is 36.4 Å². The summed E-state index contributed by atoms with van der Waals surface area (Å²) >= 11 is 0. The maximum atomic E-state index is 11.0. The first-order valence-electron chi connectivity index (χ1n) is 8.37. The molecule has 0 radical (unpaired) electrons. The van der Waals surface area contributed by atoms with Gasteiger partial charge in [-0.3, -0.25) is 10.1 Å². The molecule has 0 bridgehead atoms. The molecule has 0 unspecified atom stereocenters. The monoisotopic (exact) mass is 342 g/mol. The van der Waals surface area contributed by atoms with E-state index in [-0.39, 0.29) is 10.6 Å². The summed E-state index contributed by atoms with van der Waals surface area (Å²) in [7, 11) is 0. The Kier molecular flexibility index (Phi) is 4.74. The Balaban J connectivity index is 1.92. The quantitative estimate of drug-likeness (QED) is 0.531. The van der Waals surface area contributed by atoms with Crippen LogP contribution in [0.25, 0.3) is 11.1 Å². The molecule has 6 heteroatoms. The zero-order chi connectivity index (χ0) is 18.1. The third-order valence-electron chi connectivity index (χ3n) is 4.39. The smallest absolute Gasteiger partial charge is 0.269 e. The number of aliphatic hydroxyl groups excluding tert-OH is 2. The standard InChI is InChI=1S/C19H22N2O4/c1-12(22)10-20(11-13(2)23)16-3-5-18-14(8-16)7-15-9-17(21(24)25)4-6-19(15)18/h3-6,8-9,12-13,22-23H,7,10-11H2,1-2H3/t12-,13+. The molecule has 0 spiro atoms. The molecule has 132 valence electrons. The molecular weight excluding hydrogens is 320 g/mol. The first-order valence-corrected chi connectivity index (χ1v) is 8.37. The van der Waals surface area contributed by atoms with Crippen LogP contribution < -0.4 is 4.90 Å². The third-order valence-corrected chi connectivity index (χ3v) is 4.39. The van der Waals surface area contributed by atoms with Gasteiger partial charge < -0.3 is 15.1 Å². The van der Waals surface area contributed by atoms with Gasteiger partial charge in [-0.1, -0.05) is 6.07 Å². The zero-order valence-electron chi connectivity index (χ0n) is 14.3. The number of hydrogen-bond donors (Lipinski definition) is 2. The molecule has 25 heavy (non-hydrogen) atoms. The number of fused-ring (bicyclic) bond motifs is 3. The fourth-order valence-electron chi connectivity index (χ4n) is 3.42. The van der Waals surface area contributed by atoms with E-state index in [0.29, 0.717) is 19.5 Å². The van der Waals surface area contributed by atoms with Gasteiger partial charge in [0.2, 0.25) is 0 Å². The Hall–Kier alpha value is -2.44. The van der Waals surface area contributed by atoms with E-state index in [1.807, 2.05) is 29.2 Å². The highest BCUT2D eigenvalue weighted by Crippen LogP contribution is 2.39. The van der Waals surface area contributed by atoms with Gasteiger partial charge >= 0.3 is 0 Å². The van der Waals surface area contributed by atoms with Crippen LogP contribution in [-0.2, 0) is 6.42 Å². The summed E-state index contributed by atoms with van der Waals surface area (Å²) in [5, 5.41) is 30.4. The third kappa shape index (κ3) is 3.65. The molecule has 6 nitrogen and oxygen atoms in total. The van der Waals surface area contributed by atoms with Crippen LogP contribution in [0, 0.1) is 10.1 Å². The molecule has 2 aromatic carbocycles. The van der Waals surface area contributed by atoms with E-state index in [1.54, 1.807) is 19.9 Å². The first kappa shape index (κ1) is 17.4. The van der Waals surface area contributed by atoms with Crippen molar-refractivity contribution in [3.63, 3.8) is 0 Å². The van der Waals surface area contributed by atoms with Crippen molar-refractivity contribution in [1.82, 2.24) is 0 Å². The Morgan fingerprint density at radius 3 is 2.16 bits per heavy atom. The molecule has 0 fully saturated rings. The topological polar surface area (TPSA) is 86.8 Å². The Bertz CT molecular complexity index is 792. The van der Waals surface area contributed by atoms with Crippen molar-refractivity contribution in [3.05, 3.63) is 57.6 Å². The fraction of sp³-hybridized carbons (Fsp3) is 0.368. The first-order chi connectivity index (χ1) is 11.8. The summed E-state index contributed by atoms with van der Waals surface area (Å²) in [5.74, 6) is 0. The van der Waals surface area contributed by atoms with Crippen LogP contribution >= 0.6 is 0 Å². The lowest BCUT2D eigenvalue weighted by Gasteiger charge is -2.28. The van der Waals surface area contributed by atoms with Gasteiger partial charge in [0.1, 0.15) is 0 Å². The summed E-state index contributed by atoms with van der Waals surface area (Å²) in [6, 6.07) is 11.0. The normalized spacial score (nSPS) is 14.6. The average Bonchev–Trinajstić information content (AvgIpc) is 2.89. The number of non-ortho nitro benzene ring substituents is 1. The van der Waals surface area contributed by atoms with Crippen LogP contribution in [0.4, 0.5) is 11.4 Å². The highest BCUT2D eigenvalue weighted by atomic mass is 16.6. The lowest BCUT2D eigenvalue weighted by atomic mass is 10.0. The second-order valence-electron chi connectivity index (χ2n) is 6.72. The molecule has 1 aliphatic rings. The minimum atomic E-state index is -0.508. The van der Waals surface area contributed by atoms with E-state index in [9.17, 15) is 20.3 Å². The van der Waals surface area contributed by atoms with E-state index >= 15 is 0 Å². The van der Waals surface area contributed by atoms with Crippen LogP contribution in [0.2, 0.25) is 0 Å². The molecule has 0 saturated carbocycles. The van der Waals surface area contributed by atoms with E-state index in [2.05, 4.69) is 0 Å². The molecule has 1 aliphatic carbocycles. The minimum absolute atomic E-state index is 0.108. The predicted molar refractivity (Wildman–Crippen MR) is 96.9 cm³/mol. The summed E-state index contributed by atoms with van der Waals surface area (Å²) in [6.45, 7) is 4.30. The second-order valence-corrected chi connectivity index (χ2v) is 6.72. The lowest BCUT2D eigenvalue weighted by Crippen LogP contribution is -2.36. The number of anilines is 1. The zero-order valence-corrected chi connectivity index (χ0v) is 14.3. The van der Waals surface area contributed by atoms with Gasteiger partial charge in [-0.25, -0.2) is 0 Å². The molecule has 0 heterocycles. The van der Waals surface area contributed by atoms with E-state index < -0.39 is 12.2 Å². The Morgan fingerprint density at radius 1 is 1.04 bits per heavy atom. The van der Waals surface area contributed by atoms with Gasteiger partial charge in [-0.05, 0) is 60.7 Å². The summed E-state index contributed by atoms with van der Waals surface area (Å²) in [6.07, 6.45) is -0.365. The summed E-state index contributed by atoms with van der Waals surface area (Å²) < 4.78 is 0. The maximum absolute atomic E-state index is 11.0. The van der Waals surface area contributed by atoms with Gasteiger partial charge in [0.05, 0.1) is 17.1 Å². The summed E-state index contributed by atoms with van der Waals surface area (Å²) in [4.78, 5) is 12.6. The average molecular weight is 342 g/mol. The van der Waals surface area contributed by atoms with Crippen molar-refractivity contribution < 1.29 is 15.1 Å². The number of hydrogen-bond acceptors (Lipinski definition) is 5. The predicted octanol–water partition coefficient (Wildman–Crippen LogP) is 2.73. The number of rotatable bonds is 6. The maximum Gasteiger partial charge on any atom is 0.269 e. The van der Waals surface area contributed by atoms with Crippen molar-refractivity contribution >= 4 is 11.4 Å². The molecule has 3 rings (SSSR count). The number of nitro groups is 1. The largest absolute Gasteiger partial charge is 0.392 e. The molecule has 0 saturated heterocycles. The molecule has 2 aromatic rings. The van der Waals surface area contributed by atoms with Gasteiger partial charge in [0.15, 0.2) is 0 Å². The van der Waals surface area contributed by atoms with Crippen LogP contribution in [0.5, 0.6) is 0 Å². The fourth-order valence-corrected chi connectivity index (χ4v) is 3.42. The molecular formula is C19H22N2O4. The molecule has 0 aromatic heterocycles. The van der Waals surface area contributed by atoms with Crippen molar-refractivity contribution in [3.8, 4) is 11.1 Å². The summed E-state index contributed by atoms with van der Waals surface area (Å²) in [5.41, 5.74) is 5.22.